The Morgan fingerprint density at radius 1 is 1.31 bits per heavy atom. The van der Waals surface area contributed by atoms with Gasteiger partial charge in [0.05, 0.1) is 17.6 Å². The molecular weight excluding hydrogens is 350 g/mol. The zero-order valence-corrected chi connectivity index (χ0v) is 15.9. The molecule has 140 valence electrons. The van der Waals surface area contributed by atoms with Crippen LogP contribution in [0.5, 0.6) is 0 Å². The second-order valence-electron chi connectivity index (χ2n) is 6.71. The van der Waals surface area contributed by atoms with Crippen molar-refractivity contribution in [3.63, 3.8) is 0 Å². The minimum atomic E-state index is -0.200. The first-order chi connectivity index (χ1) is 12.6. The lowest BCUT2D eigenvalue weighted by Crippen LogP contribution is -2.33. The monoisotopic (exact) mass is 375 g/mol. The fourth-order valence-electron chi connectivity index (χ4n) is 3.29. The number of carbonyl (C=O) groups excluding carboxylic acids is 1. The fourth-order valence-corrected chi connectivity index (χ4v) is 3.47. The van der Waals surface area contributed by atoms with Crippen LogP contribution in [0.3, 0.4) is 0 Å². The summed E-state index contributed by atoms with van der Waals surface area (Å²) in [7, 11) is 0. The molecule has 1 fully saturated rings. The van der Waals surface area contributed by atoms with E-state index in [1.54, 1.807) is 0 Å². The normalized spacial score (nSPS) is 14.3. The molecule has 0 unspecified atom stereocenters. The van der Waals surface area contributed by atoms with Crippen LogP contribution in [0, 0.1) is 6.92 Å². The molecule has 0 aliphatic carbocycles. The summed E-state index contributed by atoms with van der Waals surface area (Å²) in [6, 6.07) is 5.49. The van der Waals surface area contributed by atoms with Gasteiger partial charge in [0.25, 0.3) is 0 Å². The van der Waals surface area contributed by atoms with E-state index in [1.165, 1.54) is 24.8 Å². The van der Waals surface area contributed by atoms with E-state index in [-0.39, 0.29) is 6.03 Å². The minimum Gasteiger partial charge on any atom is -0.370 e. The molecule has 2 amide bonds. The molecule has 2 heterocycles. The van der Waals surface area contributed by atoms with Gasteiger partial charge in [0, 0.05) is 30.4 Å². The Kier molecular flexibility index (Phi) is 6.39. The van der Waals surface area contributed by atoms with Crippen molar-refractivity contribution in [1.29, 1.82) is 0 Å². The lowest BCUT2D eigenvalue weighted by Gasteiger charge is -2.30. The van der Waals surface area contributed by atoms with Crippen LogP contribution in [-0.4, -0.2) is 35.9 Å². The topological polar surface area (TPSA) is 73.0 Å². The summed E-state index contributed by atoms with van der Waals surface area (Å²) in [5.74, 6) is 0. The maximum Gasteiger partial charge on any atom is 0.319 e. The first kappa shape index (κ1) is 18.6. The summed E-state index contributed by atoms with van der Waals surface area (Å²) in [5.41, 5.74) is 4.08. The van der Waals surface area contributed by atoms with Gasteiger partial charge in [-0.1, -0.05) is 11.6 Å². The minimum absolute atomic E-state index is 0.200. The molecule has 26 heavy (non-hydrogen) atoms. The van der Waals surface area contributed by atoms with Crippen molar-refractivity contribution in [2.45, 2.75) is 39.0 Å². The molecule has 0 radical (unpaired) electrons. The number of rotatable bonds is 6. The number of aromatic nitrogens is 2. The molecule has 3 rings (SSSR count). The van der Waals surface area contributed by atoms with Gasteiger partial charge in [-0.3, -0.25) is 5.10 Å². The highest BCUT2D eigenvalue weighted by Gasteiger charge is 2.16. The first-order valence-corrected chi connectivity index (χ1v) is 9.59. The van der Waals surface area contributed by atoms with Crippen molar-refractivity contribution in [3.05, 3.63) is 40.7 Å². The van der Waals surface area contributed by atoms with E-state index in [4.69, 9.17) is 11.6 Å². The summed E-state index contributed by atoms with van der Waals surface area (Å²) >= 11 is 6.14. The number of benzene rings is 1. The summed E-state index contributed by atoms with van der Waals surface area (Å²) in [6.45, 7) is 4.64. The molecule has 1 aromatic carbocycles. The first-order valence-electron chi connectivity index (χ1n) is 9.21. The van der Waals surface area contributed by atoms with Crippen LogP contribution in [-0.2, 0) is 6.42 Å². The average molecular weight is 376 g/mol. The van der Waals surface area contributed by atoms with Crippen molar-refractivity contribution < 1.29 is 4.79 Å². The molecule has 7 heteroatoms. The van der Waals surface area contributed by atoms with E-state index in [1.807, 2.05) is 31.3 Å². The van der Waals surface area contributed by atoms with E-state index in [9.17, 15) is 4.79 Å². The Morgan fingerprint density at radius 2 is 2.12 bits per heavy atom. The number of halogens is 1. The largest absolute Gasteiger partial charge is 0.370 e. The van der Waals surface area contributed by atoms with Crippen molar-refractivity contribution in [3.8, 4) is 0 Å². The van der Waals surface area contributed by atoms with Gasteiger partial charge in [0.2, 0.25) is 0 Å². The summed E-state index contributed by atoms with van der Waals surface area (Å²) < 4.78 is 0. The van der Waals surface area contributed by atoms with Crippen LogP contribution < -0.4 is 15.5 Å². The third-order valence-corrected chi connectivity index (χ3v) is 4.98. The fraction of sp³-hybridized carbons (Fsp3) is 0.474. The summed E-state index contributed by atoms with van der Waals surface area (Å²) in [4.78, 5) is 14.6. The smallest absolute Gasteiger partial charge is 0.319 e. The Bertz CT molecular complexity index is 739. The number of nitrogens with zero attached hydrogens (tertiary/aromatic N) is 2. The summed E-state index contributed by atoms with van der Waals surface area (Å²) in [5, 5.41) is 13.4. The quantitative estimate of drug-likeness (QED) is 0.665. The number of carbonyl (C=O) groups is 1. The van der Waals surface area contributed by atoms with Crippen LogP contribution >= 0.6 is 11.6 Å². The predicted octanol–water partition coefficient (Wildman–Crippen LogP) is 4.12. The van der Waals surface area contributed by atoms with E-state index in [0.29, 0.717) is 11.6 Å². The van der Waals surface area contributed by atoms with Gasteiger partial charge in [0.15, 0.2) is 0 Å². The molecule has 0 bridgehead atoms. The molecule has 1 aromatic heterocycles. The zero-order valence-electron chi connectivity index (χ0n) is 15.1. The standard InChI is InChI=1S/C19H26ClN5O/c1-14-15(13-22-24-14)6-5-9-21-19(26)23-17-12-16(20)7-8-18(17)25-10-3-2-4-11-25/h7-8,12-13H,2-6,9-11H2,1H3,(H,22,24)(H2,21,23,26). The second kappa shape index (κ2) is 8.94. The number of piperidine rings is 1. The third-order valence-electron chi connectivity index (χ3n) is 4.75. The Morgan fingerprint density at radius 3 is 2.85 bits per heavy atom. The maximum absolute atomic E-state index is 12.3. The van der Waals surface area contributed by atoms with Crippen molar-refractivity contribution in [2.24, 2.45) is 0 Å². The van der Waals surface area contributed by atoms with Gasteiger partial charge in [-0.2, -0.15) is 5.10 Å². The molecule has 3 N–H and O–H groups in total. The third kappa shape index (κ3) is 4.91. The lowest BCUT2D eigenvalue weighted by molar-refractivity contribution is 0.252. The van der Waals surface area contributed by atoms with Crippen molar-refractivity contribution in [2.75, 3.05) is 29.9 Å². The Labute approximate surface area is 159 Å². The number of aryl methyl sites for hydroxylation is 2. The molecule has 0 spiro atoms. The van der Waals surface area contributed by atoms with E-state index in [2.05, 4.69) is 25.7 Å². The molecule has 0 atom stereocenters. The number of urea groups is 1. The van der Waals surface area contributed by atoms with E-state index >= 15 is 0 Å². The van der Waals surface area contributed by atoms with Gasteiger partial charge < -0.3 is 15.5 Å². The number of aromatic amines is 1. The maximum atomic E-state index is 12.3. The molecule has 0 saturated carbocycles. The van der Waals surface area contributed by atoms with Gasteiger partial charge >= 0.3 is 6.03 Å². The number of anilines is 2. The molecule has 2 aromatic rings. The van der Waals surface area contributed by atoms with Crippen LogP contribution in [0.15, 0.2) is 24.4 Å². The Hall–Kier alpha value is -2.21. The molecule has 6 nitrogen and oxygen atoms in total. The number of hydrogen-bond donors (Lipinski definition) is 3. The predicted molar refractivity (Wildman–Crippen MR) is 106 cm³/mol. The van der Waals surface area contributed by atoms with Crippen molar-refractivity contribution in [1.82, 2.24) is 15.5 Å². The summed E-state index contributed by atoms with van der Waals surface area (Å²) in [6.07, 6.45) is 7.22. The van der Waals surface area contributed by atoms with Crippen molar-refractivity contribution >= 4 is 29.0 Å². The number of hydrogen-bond acceptors (Lipinski definition) is 3. The highest BCUT2D eigenvalue weighted by molar-refractivity contribution is 6.31. The molecule has 1 aliphatic heterocycles. The van der Waals surface area contributed by atoms with E-state index < -0.39 is 0 Å². The van der Waals surface area contributed by atoms with Crippen LogP contribution in [0.25, 0.3) is 0 Å². The van der Waals surface area contributed by atoms with Gasteiger partial charge in [-0.25, -0.2) is 4.79 Å². The highest BCUT2D eigenvalue weighted by Crippen LogP contribution is 2.31. The molecular formula is C19H26ClN5O. The lowest BCUT2D eigenvalue weighted by atomic mass is 10.1. The number of nitrogens with one attached hydrogen (secondary N) is 3. The number of H-pyrrole nitrogens is 1. The SMILES string of the molecule is Cc1[nH]ncc1CCCNC(=O)Nc1cc(Cl)ccc1N1CCCCC1. The Balaban J connectivity index is 1.53. The molecule has 1 aliphatic rings. The van der Waals surface area contributed by atoms with Crippen LogP contribution in [0.2, 0.25) is 5.02 Å². The average Bonchev–Trinajstić information content (AvgIpc) is 3.04. The number of amides is 2. The van der Waals surface area contributed by atoms with Crippen LogP contribution in [0.1, 0.15) is 36.9 Å². The van der Waals surface area contributed by atoms with Gasteiger partial charge in [-0.15, -0.1) is 0 Å². The highest BCUT2D eigenvalue weighted by atomic mass is 35.5. The van der Waals surface area contributed by atoms with E-state index in [0.717, 1.165) is 43.0 Å². The van der Waals surface area contributed by atoms with Gasteiger partial charge in [0.1, 0.15) is 0 Å². The van der Waals surface area contributed by atoms with Crippen LogP contribution in [0.4, 0.5) is 16.2 Å². The second-order valence-corrected chi connectivity index (χ2v) is 7.15. The molecule has 1 saturated heterocycles. The zero-order chi connectivity index (χ0) is 18.4. The van der Waals surface area contributed by atoms with Gasteiger partial charge in [-0.05, 0) is 62.8 Å².